The first-order valence-electron chi connectivity index (χ1n) is 4.96. The van der Waals surface area contributed by atoms with Crippen LogP contribution >= 0.6 is 0 Å². The molecule has 0 unspecified atom stereocenters. The lowest BCUT2D eigenvalue weighted by atomic mass is 10.1. The predicted octanol–water partition coefficient (Wildman–Crippen LogP) is 1.96. The molecule has 0 fully saturated rings. The Morgan fingerprint density at radius 3 is 2.86 bits per heavy atom. The summed E-state index contributed by atoms with van der Waals surface area (Å²) in [6.07, 6.45) is 1.43. The summed E-state index contributed by atoms with van der Waals surface area (Å²) in [5.41, 5.74) is 1.03. The zero-order valence-electron chi connectivity index (χ0n) is 8.92. The highest BCUT2D eigenvalue weighted by molar-refractivity contribution is 5.89. The van der Waals surface area contributed by atoms with Crippen LogP contribution in [0.5, 0.6) is 0 Å². The first-order chi connectivity index (χ1) is 6.61. The SMILES string of the molecule is CCc1cc(NC(=O)CC(C)C)n[nH]1. The molecule has 0 aliphatic carbocycles. The largest absolute Gasteiger partial charge is 0.309 e. The standard InChI is InChI=1S/C10H17N3O/c1-4-8-6-9(13-12-8)11-10(14)5-7(2)3/h6-7H,4-5H2,1-3H3,(H2,11,12,13,14). The van der Waals surface area contributed by atoms with E-state index in [0.29, 0.717) is 18.2 Å². The van der Waals surface area contributed by atoms with E-state index >= 15 is 0 Å². The normalized spacial score (nSPS) is 10.6. The highest BCUT2D eigenvalue weighted by atomic mass is 16.1. The van der Waals surface area contributed by atoms with Gasteiger partial charge in [0.15, 0.2) is 5.82 Å². The summed E-state index contributed by atoms with van der Waals surface area (Å²) in [6, 6.07) is 1.86. The van der Waals surface area contributed by atoms with Gasteiger partial charge < -0.3 is 5.32 Å². The van der Waals surface area contributed by atoms with Crippen molar-refractivity contribution < 1.29 is 4.79 Å². The van der Waals surface area contributed by atoms with Gasteiger partial charge in [-0.2, -0.15) is 5.10 Å². The van der Waals surface area contributed by atoms with Gasteiger partial charge in [0.05, 0.1) is 0 Å². The zero-order valence-corrected chi connectivity index (χ0v) is 8.92. The summed E-state index contributed by atoms with van der Waals surface area (Å²) in [4.78, 5) is 11.4. The lowest BCUT2D eigenvalue weighted by molar-refractivity contribution is -0.116. The molecule has 14 heavy (non-hydrogen) atoms. The monoisotopic (exact) mass is 195 g/mol. The number of amides is 1. The van der Waals surface area contributed by atoms with E-state index in [2.05, 4.69) is 15.5 Å². The number of aromatic amines is 1. The maximum absolute atomic E-state index is 11.4. The molecule has 4 nitrogen and oxygen atoms in total. The van der Waals surface area contributed by atoms with Gasteiger partial charge in [0, 0.05) is 18.2 Å². The van der Waals surface area contributed by atoms with Gasteiger partial charge in [-0.15, -0.1) is 0 Å². The average molecular weight is 195 g/mol. The highest BCUT2D eigenvalue weighted by Gasteiger charge is 2.06. The highest BCUT2D eigenvalue weighted by Crippen LogP contribution is 2.07. The molecule has 78 valence electrons. The summed E-state index contributed by atoms with van der Waals surface area (Å²) in [5, 5.41) is 9.57. The number of rotatable bonds is 4. The second kappa shape index (κ2) is 4.79. The van der Waals surface area contributed by atoms with Crippen LogP contribution in [0.3, 0.4) is 0 Å². The summed E-state index contributed by atoms with van der Waals surface area (Å²) in [6.45, 7) is 6.07. The van der Waals surface area contributed by atoms with Gasteiger partial charge in [-0.3, -0.25) is 9.89 Å². The minimum atomic E-state index is 0.0224. The van der Waals surface area contributed by atoms with Crippen molar-refractivity contribution in [1.82, 2.24) is 10.2 Å². The minimum Gasteiger partial charge on any atom is -0.309 e. The van der Waals surface area contributed by atoms with Crippen LogP contribution in [-0.2, 0) is 11.2 Å². The number of hydrogen-bond donors (Lipinski definition) is 2. The Labute approximate surface area is 84.1 Å². The van der Waals surface area contributed by atoms with Gasteiger partial charge >= 0.3 is 0 Å². The molecule has 0 aliphatic rings. The number of carbonyl (C=O) groups excluding carboxylic acids is 1. The Kier molecular flexibility index (Phi) is 3.68. The number of nitrogens with one attached hydrogen (secondary N) is 2. The molecule has 1 amide bonds. The number of carbonyl (C=O) groups is 1. The molecular formula is C10H17N3O. The summed E-state index contributed by atoms with van der Waals surface area (Å²) >= 11 is 0. The van der Waals surface area contributed by atoms with Crippen molar-refractivity contribution in [1.29, 1.82) is 0 Å². The van der Waals surface area contributed by atoms with E-state index < -0.39 is 0 Å². The van der Waals surface area contributed by atoms with Crippen LogP contribution in [0.15, 0.2) is 6.07 Å². The number of aryl methyl sites for hydroxylation is 1. The molecule has 0 saturated carbocycles. The van der Waals surface area contributed by atoms with Gasteiger partial charge in [-0.25, -0.2) is 0 Å². The number of nitrogens with zero attached hydrogens (tertiary/aromatic N) is 1. The van der Waals surface area contributed by atoms with Crippen molar-refractivity contribution in [2.24, 2.45) is 5.92 Å². The fourth-order valence-corrected chi connectivity index (χ4v) is 1.17. The van der Waals surface area contributed by atoms with Crippen molar-refractivity contribution in [3.05, 3.63) is 11.8 Å². The molecule has 0 spiro atoms. The molecule has 0 aromatic carbocycles. The Hall–Kier alpha value is -1.32. The van der Waals surface area contributed by atoms with E-state index in [1.54, 1.807) is 0 Å². The molecular weight excluding hydrogens is 178 g/mol. The lowest BCUT2D eigenvalue weighted by Gasteiger charge is -2.03. The third kappa shape index (κ3) is 3.20. The number of anilines is 1. The Morgan fingerprint density at radius 1 is 1.64 bits per heavy atom. The summed E-state index contributed by atoms with van der Waals surface area (Å²) in [7, 11) is 0. The molecule has 1 heterocycles. The van der Waals surface area contributed by atoms with Crippen LogP contribution in [0, 0.1) is 5.92 Å². The molecule has 4 heteroatoms. The van der Waals surface area contributed by atoms with Gasteiger partial charge in [0.2, 0.25) is 5.91 Å². The molecule has 1 aromatic heterocycles. The number of H-pyrrole nitrogens is 1. The van der Waals surface area contributed by atoms with Crippen LogP contribution in [0.4, 0.5) is 5.82 Å². The molecule has 0 saturated heterocycles. The van der Waals surface area contributed by atoms with E-state index in [9.17, 15) is 4.79 Å². The summed E-state index contributed by atoms with van der Waals surface area (Å²) in [5.74, 6) is 1.02. The Bertz CT molecular complexity index is 304. The molecule has 0 aliphatic heterocycles. The topological polar surface area (TPSA) is 57.8 Å². The van der Waals surface area contributed by atoms with Gasteiger partial charge in [0.25, 0.3) is 0 Å². The zero-order chi connectivity index (χ0) is 10.6. The first-order valence-corrected chi connectivity index (χ1v) is 4.96. The Balaban J connectivity index is 2.47. The predicted molar refractivity (Wildman–Crippen MR) is 56.1 cm³/mol. The molecule has 1 aromatic rings. The second-order valence-corrected chi connectivity index (χ2v) is 3.78. The third-order valence-electron chi connectivity index (χ3n) is 1.87. The van der Waals surface area contributed by atoms with Gasteiger partial charge in [-0.05, 0) is 12.3 Å². The molecule has 0 radical (unpaired) electrons. The number of aromatic nitrogens is 2. The van der Waals surface area contributed by atoms with E-state index in [-0.39, 0.29) is 5.91 Å². The van der Waals surface area contributed by atoms with Gasteiger partial charge in [-0.1, -0.05) is 20.8 Å². The fourth-order valence-electron chi connectivity index (χ4n) is 1.17. The first kappa shape index (κ1) is 10.8. The van der Waals surface area contributed by atoms with Crippen LogP contribution in [0.25, 0.3) is 0 Å². The third-order valence-corrected chi connectivity index (χ3v) is 1.87. The quantitative estimate of drug-likeness (QED) is 0.771. The van der Waals surface area contributed by atoms with Crippen molar-refractivity contribution in [3.8, 4) is 0 Å². The molecule has 0 atom stereocenters. The lowest BCUT2D eigenvalue weighted by Crippen LogP contribution is -2.13. The van der Waals surface area contributed by atoms with Crippen LogP contribution in [-0.4, -0.2) is 16.1 Å². The van der Waals surface area contributed by atoms with Crippen LogP contribution in [0.2, 0.25) is 0 Å². The van der Waals surface area contributed by atoms with Crippen LogP contribution < -0.4 is 5.32 Å². The van der Waals surface area contributed by atoms with Crippen molar-refractivity contribution in [3.63, 3.8) is 0 Å². The van der Waals surface area contributed by atoms with Crippen molar-refractivity contribution in [2.75, 3.05) is 5.32 Å². The fraction of sp³-hybridized carbons (Fsp3) is 0.600. The maximum atomic E-state index is 11.4. The smallest absolute Gasteiger partial charge is 0.225 e. The second-order valence-electron chi connectivity index (χ2n) is 3.78. The Morgan fingerprint density at radius 2 is 2.36 bits per heavy atom. The molecule has 0 bridgehead atoms. The van der Waals surface area contributed by atoms with E-state index in [1.165, 1.54) is 0 Å². The van der Waals surface area contributed by atoms with Crippen molar-refractivity contribution >= 4 is 11.7 Å². The summed E-state index contributed by atoms with van der Waals surface area (Å²) < 4.78 is 0. The molecule has 2 N–H and O–H groups in total. The van der Waals surface area contributed by atoms with E-state index in [4.69, 9.17) is 0 Å². The van der Waals surface area contributed by atoms with E-state index in [0.717, 1.165) is 12.1 Å². The minimum absolute atomic E-state index is 0.0224. The maximum Gasteiger partial charge on any atom is 0.225 e. The number of hydrogen-bond acceptors (Lipinski definition) is 2. The molecule has 1 rings (SSSR count). The van der Waals surface area contributed by atoms with E-state index in [1.807, 2.05) is 26.8 Å². The van der Waals surface area contributed by atoms with Crippen molar-refractivity contribution in [2.45, 2.75) is 33.6 Å². The van der Waals surface area contributed by atoms with Gasteiger partial charge in [0.1, 0.15) is 0 Å². The average Bonchev–Trinajstić information content (AvgIpc) is 2.50. The van der Waals surface area contributed by atoms with Crippen LogP contribution in [0.1, 0.15) is 32.9 Å².